The molecule has 0 radical (unpaired) electrons. The van der Waals surface area contributed by atoms with Gasteiger partial charge in [-0.25, -0.2) is 0 Å². The van der Waals surface area contributed by atoms with Crippen molar-refractivity contribution in [3.8, 4) is 0 Å². The Hall–Kier alpha value is -0.860. The Bertz CT molecular complexity index is 341. The SMILES string of the molecule is Cc1cccc(CNC(CCO)C(C)(C)C)c1. The minimum Gasteiger partial charge on any atom is -0.396 e. The highest BCUT2D eigenvalue weighted by Gasteiger charge is 2.23. The van der Waals surface area contributed by atoms with Crippen molar-refractivity contribution < 1.29 is 5.11 Å². The molecule has 2 nitrogen and oxygen atoms in total. The number of benzene rings is 1. The second-order valence-corrected chi connectivity index (χ2v) is 5.80. The Morgan fingerprint density at radius 1 is 1.29 bits per heavy atom. The minimum atomic E-state index is 0.173. The monoisotopic (exact) mass is 235 g/mol. The van der Waals surface area contributed by atoms with Gasteiger partial charge >= 0.3 is 0 Å². The van der Waals surface area contributed by atoms with Gasteiger partial charge in [0.25, 0.3) is 0 Å². The molecule has 1 atom stereocenters. The van der Waals surface area contributed by atoms with Gasteiger partial charge in [0, 0.05) is 19.2 Å². The predicted octanol–water partition coefficient (Wildman–Crippen LogP) is 2.88. The number of aryl methyl sites for hydroxylation is 1. The van der Waals surface area contributed by atoms with E-state index in [4.69, 9.17) is 5.11 Å². The van der Waals surface area contributed by atoms with Crippen LogP contribution in [0.2, 0.25) is 0 Å². The van der Waals surface area contributed by atoms with E-state index in [0.29, 0.717) is 6.04 Å². The Labute approximate surface area is 105 Å². The summed E-state index contributed by atoms with van der Waals surface area (Å²) in [6.45, 7) is 9.83. The highest BCUT2D eigenvalue weighted by atomic mass is 16.3. The smallest absolute Gasteiger partial charge is 0.0446 e. The van der Waals surface area contributed by atoms with Crippen molar-refractivity contribution in [2.75, 3.05) is 6.61 Å². The fourth-order valence-electron chi connectivity index (χ4n) is 2.03. The van der Waals surface area contributed by atoms with Crippen LogP contribution in [0.25, 0.3) is 0 Å². The lowest BCUT2D eigenvalue weighted by molar-refractivity contribution is 0.196. The van der Waals surface area contributed by atoms with E-state index in [1.54, 1.807) is 0 Å². The molecule has 0 aliphatic carbocycles. The van der Waals surface area contributed by atoms with Gasteiger partial charge in [-0.05, 0) is 24.3 Å². The standard InChI is InChI=1S/C15H25NO/c1-12-6-5-7-13(10-12)11-16-14(8-9-17)15(2,3)4/h5-7,10,14,16-17H,8-9,11H2,1-4H3. The van der Waals surface area contributed by atoms with Crippen LogP contribution in [0.3, 0.4) is 0 Å². The van der Waals surface area contributed by atoms with Gasteiger partial charge in [-0.3, -0.25) is 0 Å². The molecule has 0 saturated heterocycles. The van der Waals surface area contributed by atoms with Crippen molar-refractivity contribution in [1.29, 1.82) is 0 Å². The molecule has 2 heteroatoms. The first kappa shape index (κ1) is 14.2. The molecule has 0 bridgehead atoms. The van der Waals surface area contributed by atoms with Crippen molar-refractivity contribution in [3.63, 3.8) is 0 Å². The molecular weight excluding hydrogens is 210 g/mol. The average molecular weight is 235 g/mol. The van der Waals surface area contributed by atoms with Crippen molar-refractivity contribution >= 4 is 0 Å². The van der Waals surface area contributed by atoms with E-state index in [0.717, 1.165) is 13.0 Å². The average Bonchev–Trinajstić information content (AvgIpc) is 2.22. The maximum atomic E-state index is 9.10. The fourth-order valence-corrected chi connectivity index (χ4v) is 2.03. The normalized spacial score (nSPS) is 13.7. The Kier molecular flexibility index (Phi) is 5.16. The van der Waals surface area contributed by atoms with Crippen LogP contribution in [-0.2, 0) is 6.54 Å². The molecule has 0 heterocycles. The van der Waals surface area contributed by atoms with E-state index in [-0.39, 0.29) is 12.0 Å². The second-order valence-electron chi connectivity index (χ2n) is 5.80. The zero-order valence-electron chi connectivity index (χ0n) is 11.5. The van der Waals surface area contributed by atoms with E-state index in [9.17, 15) is 0 Å². The molecular formula is C15H25NO. The lowest BCUT2D eigenvalue weighted by atomic mass is 9.85. The third-order valence-electron chi connectivity index (χ3n) is 3.10. The summed E-state index contributed by atoms with van der Waals surface area (Å²) in [4.78, 5) is 0. The summed E-state index contributed by atoms with van der Waals surface area (Å²) in [5.41, 5.74) is 2.77. The van der Waals surface area contributed by atoms with Crippen LogP contribution >= 0.6 is 0 Å². The molecule has 0 amide bonds. The number of hydrogen-bond acceptors (Lipinski definition) is 2. The van der Waals surface area contributed by atoms with Crippen LogP contribution in [0.15, 0.2) is 24.3 Å². The first-order valence-electron chi connectivity index (χ1n) is 6.33. The fraction of sp³-hybridized carbons (Fsp3) is 0.600. The minimum absolute atomic E-state index is 0.173. The predicted molar refractivity (Wildman–Crippen MR) is 73.0 cm³/mol. The lowest BCUT2D eigenvalue weighted by Gasteiger charge is -2.31. The summed E-state index contributed by atoms with van der Waals surface area (Å²) in [6.07, 6.45) is 0.801. The molecule has 0 aliphatic heterocycles. The Morgan fingerprint density at radius 2 is 2.00 bits per heavy atom. The third-order valence-corrected chi connectivity index (χ3v) is 3.10. The summed E-state index contributed by atoms with van der Waals surface area (Å²) < 4.78 is 0. The zero-order valence-corrected chi connectivity index (χ0v) is 11.5. The number of hydrogen-bond donors (Lipinski definition) is 2. The zero-order chi connectivity index (χ0) is 12.9. The first-order chi connectivity index (χ1) is 7.93. The number of aliphatic hydroxyl groups excluding tert-OH is 1. The molecule has 17 heavy (non-hydrogen) atoms. The Morgan fingerprint density at radius 3 is 2.53 bits per heavy atom. The third kappa shape index (κ3) is 4.88. The van der Waals surface area contributed by atoms with Crippen molar-refractivity contribution in [2.24, 2.45) is 5.41 Å². The van der Waals surface area contributed by atoms with E-state index in [2.05, 4.69) is 57.3 Å². The van der Waals surface area contributed by atoms with Gasteiger partial charge in [-0.2, -0.15) is 0 Å². The Balaban J connectivity index is 2.58. The molecule has 2 N–H and O–H groups in total. The van der Waals surface area contributed by atoms with Crippen molar-refractivity contribution in [1.82, 2.24) is 5.32 Å². The summed E-state index contributed by atoms with van der Waals surface area (Å²) in [5.74, 6) is 0. The van der Waals surface area contributed by atoms with Gasteiger partial charge in [0.05, 0.1) is 0 Å². The summed E-state index contributed by atoms with van der Waals surface area (Å²) in [6, 6.07) is 8.88. The first-order valence-corrected chi connectivity index (χ1v) is 6.33. The molecule has 0 aromatic heterocycles. The summed E-state index contributed by atoms with van der Waals surface area (Å²) in [5, 5.41) is 12.6. The molecule has 0 aliphatic rings. The van der Waals surface area contributed by atoms with Crippen LogP contribution in [0.4, 0.5) is 0 Å². The molecule has 96 valence electrons. The summed E-state index contributed by atoms with van der Waals surface area (Å²) in [7, 11) is 0. The van der Waals surface area contributed by atoms with Gasteiger partial charge in [0.15, 0.2) is 0 Å². The van der Waals surface area contributed by atoms with Gasteiger partial charge in [-0.15, -0.1) is 0 Å². The number of nitrogens with one attached hydrogen (secondary N) is 1. The topological polar surface area (TPSA) is 32.3 Å². The number of rotatable bonds is 5. The largest absolute Gasteiger partial charge is 0.396 e. The van der Waals surface area contributed by atoms with Crippen LogP contribution < -0.4 is 5.32 Å². The van der Waals surface area contributed by atoms with E-state index < -0.39 is 0 Å². The van der Waals surface area contributed by atoms with Gasteiger partial charge < -0.3 is 10.4 Å². The molecule has 0 spiro atoms. The van der Waals surface area contributed by atoms with Crippen LogP contribution in [0, 0.1) is 12.3 Å². The van der Waals surface area contributed by atoms with E-state index in [1.165, 1.54) is 11.1 Å². The van der Waals surface area contributed by atoms with Gasteiger partial charge in [0.1, 0.15) is 0 Å². The second kappa shape index (κ2) is 6.18. The number of aliphatic hydroxyl groups is 1. The summed E-state index contributed by atoms with van der Waals surface area (Å²) >= 11 is 0. The molecule has 1 rings (SSSR count). The van der Waals surface area contributed by atoms with E-state index in [1.807, 2.05) is 0 Å². The molecule has 1 aromatic carbocycles. The van der Waals surface area contributed by atoms with Crippen LogP contribution in [0.5, 0.6) is 0 Å². The maximum Gasteiger partial charge on any atom is 0.0446 e. The molecule has 1 aromatic rings. The van der Waals surface area contributed by atoms with Crippen molar-refractivity contribution in [2.45, 2.75) is 46.7 Å². The lowest BCUT2D eigenvalue weighted by Crippen LogP contribution is -2.40. The molecule has 1 unspecified atom stereocenters. The van der Waals surface area contributed by atoms with Gasteiger partial charge in [0.2, 0.25) is 0 Å². The highest BCUT2D eigenvalue weighted by molar-refractivity contribution is 5.22. The molecule has 0 saturated carbocycles. The quantitative estimate of drug-likeness (QED) is 0.822. The van der Waals surface area contributed by atoms with Crippen molar-refractivity contribution in [3.05, 3.63) is 35.4 Å². The van der Waals surface area contributed by atoms with E-state index >= 15 is 0 Å². The van der Waals surface area contributed by atoms with Crippen LogP contribution in [-0.4, -0.2) is 17.8 Å². The van der Waals surface area contributed by atoms with Gasteiger partial charge in [-0.1, -0.05) is 50.6 Å². The maximum absolute atomic E-state index is 9.10. The highest BCUT2D eigenvalue weighted by Crippen LogP contribution is 2.22. The molecule has 0 fully saturated rings. The van der Waals surface area contributed by atoms with Crippen LogP contribution in [0.1, 0.15) is 38.3 Å².